The highest BCUT2D eigenvalue weighted by Crippen LogP contribution is 2.39. The Kier molecular flexibility index (Phi) is 8.07. The Morgan fingerprint density at radius 1 is 1.09 bits per heavy atom. The zero-order valence-electron chi connectivity index (χ0n) is 17.7. The van der Waals surface area contributed by atoms with Gasteiger partial charge in [-0.2, -0.15) is 0 Å². The summed E-state index contributed by atoms with van der Waals surface area (Å²) in [6.45, 7) is -0.432. The normalized spacial score (nSPS) is 14.5. The van der Waals surface area contributed by atoms with Crippen LogP contribution >= 0.6 is 23.4 Å². The minimum atomic E-state index is -1.17. The number of hydrogen-bond donors (Lipinski definition) is 1. The molecule has 1 aliphatic heterocycles. The average molecular weight is 494 g/mol. The second-order valence-corrected chi connectivity index (χ2v) is 7.95. The molecule has 0 aromatic heterocycles. The standard InChI is InChI=1S/C22H20ClNO8S/c1-29-15-5-3-4-6-16(15)31-8-7-24-21(27)18(33-22(24)28)11-13-9-14(23)20(17(10-13)30-2)32-12-19(25)26/h3-6,9-11H,7-8,12H2,1-2H3,(H,25,26)/b18-11-. The lowest BCUT2D eigenvalue weighted by molar-refractivity contribution is -0.139. The largest absolute Gasteiger partial charge is 0.493 e. The van der Waals surface area contributed by atoms with E-state index < -0.39 is 23.7 Å². The maximum Gasteiger partial charge on any atom is 0.341 e. The number of nitrogens with zero attached hydrogens (tertiary/aromatic N) is 1. The number of ether oxygens (including phenoxy) is 4. The highest BCUT2D eigenvalue weighted by molar-refractivity contribution is 8.18. The second kappa shape index (κ2) is 11.0. The SMILES string of the molecule is COc1ccccc1OCCN1C(=O)S/C(=C\c2cc(Cl)c(OCC(=O)O)c(OC)c2)C1=O. The van der Waals surface area contributed by atoms with E-state index >= 15 is 0 Å². The Balaban J connectivity index is 1.71. The van der Waals surface area contributed by atoms with Crippen LogP contribution in [0.3, 0.4) is 0 Å². The summed E-state index contributed by atoms with van der Waals surface area (Å²) in [5, 5.41) is 8.48. The lowest BCUT2D eigenvalue weighted by Crippen LogP contribution is -2.32. The highest BCUT2D eigenvalue weighted by Gasteiger charge is 2.35. The van der Waals surface area contributed by atoms with Gasteiger partial charge in [-0.25, -0.2) is 4.79 Å². The summed E-state index contributed by atoms with van der Waals surface area (Å²) in [6.07, 6.45) is 1.50. The van der Waals surface area contributed by atoms with Gasteiger partial charge >= 0.3 is 5.97 Å². The number of amides is 2. The van der Waals surface area contributed by atoms with Crippen LogP contribution < -0.4 is 18.9 Å². The third-order valence-corrected chi connectivity index (χ3v) is 5.59. The van der Waals surface area contributed by atoms with Crippen molar-refractivity contribution < 1.29 is 38.4 Å². The first kappa shape index (κ1) is 24.3. The van der Waals surface area contributed by atoms with Gasteiger partial charge in [0.05, 0.1) is 30.7 Å². The van der Waals surface area contributed by atoms with Crippen molar-refractivity contribution in [1.29, 1.82) is 0 Å². The van der Waals surface area contributed by atoms with E-state index in [4.69, 9.17) is 35.7 Å². The van der Waals surface area contributed by atoms with Gasteiger partial charge in [0.25, 0.3) is 11.1 Å². The summed E-state index contributed by atoms with van der Waals surface area (Å²) in [6, 6.07) is 10.1. The van der Waals surface area contributed by atoms with Crippen LogP contribution in [-0.4, -0.2) is 61.1 Å². The number of rotatable bonds is 10. The number of benzene rings is 2. The molecule has 0 saturated carbocycles. The zero-order valence-corrected chi connectivity index (χ0v) is 19.3. The first-order valence-electron chi connectivity index (χ1n) is 9.57. The lowest BCUT2D eigenvalue weighted by Gasteiger charge is -2.14. The van der Waals surface area contributed by atoms with Crippen molar-refractivity contribution in [3.8, 4) is 23.0 Å². The Morgan fingerprint density at radius 3 is 2.45 bits per heavy atom. The minimum Gasteiger partial charge on any atom is -0.493 e. The van der Waals surface area contributed by atoms with Crippen LogP contribution in [0.4, 0.5) is 4.79 Å². The van der Waals surface area contributed by atoms with Crippen LogP contribution in [0.25, 0.3) is 6.08 Å². The van der Waals surface area contributed by atoms with Crippen molar-refractivity contribution in [1.82, 2.24) is 4.90 Å². The maximum atomic E-state index is 12.8. The number of carboxylic acids is 1. The van der Waals surface area contributed by atoms with Crippen molar-refractivity contribution in [3.63, 3.8) is 0 Å². The summed E-state index contributed by atoms with van der Waals surface area (Å²) in [7, 11) is 2.90. The number of para-hydroxylation sites is 2. The minimum absolute atomic E-state index is 0.0616. The van der Waals surface area contributed by atoms with Gasteiger partial charge in [0.15, 0.2) is 29.6 Å². The van der Waals surface area contributed by atoms with E-state index in [0.717, 1.165) is 16.7 Å². The molecule has 2 aromatic rings. The van der Waals surface area contributed by atoms with E-state index in [1.165, 1.54) is 32.4 Å². The van der Waals surface area contributed by atoms with Crippen molar-refractivity contribution in [2.24, 2.45) is 0 Å². The third kappa shape index (κ3) is 5.91. The predicted molar refractivity (Wildman–Crippen MR) is 122 cm³/mol. The molecular weight excluding hydrogens is 474 g/mol. The first-order chi connectivity index (χ1) is 15.8. The van der Waals surface area contributed by atoms with E-state index in [0.29, 0.717) is 17.1 Å². The summed E-state index contributed by atoms with van der Waals surface area (Å²) in [4.78, 5) is 37.2. The highest BCUT2D eigenvalue weighted by atomic mass is 35.5. The number of carbonyl (C=O) groups excluding carboxylic acids is 2. The molecule has 2 aromatic carbocycles. The predicted octanol–water partition coefficient (Wildman–Crippen LogP) is 3.94. The third-order valence-electron chi connectivity index (χ3n) is 4.40. The van der Waals surface area contributed by atoms with Crippen molar-refractivity contribution in [2.75, 3.05) is 34.0 Å². The van der Waals surface area contributed by atoms with E-state index in [9.17, 15) is 14.4 Å². The number of carbonyl (C=O) groups is 3. The summed E-state index contributed by atoms with van der Waals surface area (Å²) in [5.41, 5.74) is 0.482. The van der Waals surface area contributed by atoms with Gasteiger partial charge in [0.1, 0.15) is 6.61 Å². The molecule has 0 unspecified atom stereocenters. The second-order valence-electron chi connectivity index (χ2n) is 6.55. The van der Waals surface area contributed by atoms with Gasteiger partial charge in [-0.1, -0.05) is 23.7 Å². The van der Waals surface area contributed by atoms with E-state index in [1.807, 2.05) is 0 Å². The lowest BCUT2D eigenvalue weighted by atomic mass is 10.1. The fraction of sp³-hybridized carbons (Fsp3) is 0.227. The van der Waals surface area contributed by atoms with Gasteiger partial charge in [0.2, 0.25) is 0 Å². The topological polar surface area (TPSA) is 112 Å². The van der Waals surface area contributed by atoms with E-state index in [-0.39, 0.29) is 34.6 Å². The molecule has 1 aliphatic rings. The van der Waals surface area contributed by atoms with Gasteiger partial charge in [-0.3, -0.25) is 14.5 Å². The van der Waals surface area contributed by atoms with Crippen molar-refractivity contribution >= 4 is 46.6 Å². The maximum absolute atomic E-state index is 12.8. The summed E-state index contributed by atoms with van der Waals surface area (Å²) < 4.78 is 21.2. The van der Waals surface area contributed by atoms with Crippen molar-refractivity contribution in [3.05, 3.63) is 51.9 Å². The molecule has 1 fully saturated rings. The fourth-order valence-corrected chi connectivity index (χ4v) is 4.06. The van der Waals surface area contributed by atoms with Gasteiger partial charge < -0.3 is 24.1 Å². The van der Waals surface area contributed by atoms with Gasteiger partial charge in [-0.05, 0) is 47.7 Å². The number of halogens is 1. The molecule has 3 rings (SSSR count). The molecule has 0 atom stereocenters. The Morgan fingerprint density at radius 2 is 1.79 bits per heavy atom. The number of hydrogen-bond acceptors (Lipinski definition) is 8. The first-order valence-corrected chi connectivity index (χ1v) is 10.8. The van der Waals surface area contributed by atoms with Crippen LogP contribution in [0.2, 0.25) is 5.02 Å². The molecule has 174 valence electrons. The molecule has 33 heavy (non-hydrogen) atoms. The van der Waals surface area contributed by atoms with Crippen LogP contribution in [0.15, 0.2) is 41.3 Å². The number of aliphatic carboxylic acids is 1. The molecule has 11 heteroatoms. The molecule has 0 aliphatic carbocycles. The van der Waals surface area contributed by atoms with Crippen LogP contribution in [0.5, 0.6) is 23.0 Å². The summed E-state index contributed by atoms with van der Waals surface area (Å²) in [5.74, 6) is -0.308. The molecule has 0 bridgehead atoms. The van der Waals surface area contributed by atoms with E-state index in [1.54, 1.807) is 24.3 Å². The molecular formula is C22H20ClNO8S. The van der Waals surface area contributed by atoms with Crippen LogP contribution in [-0.2, 0) is 9.59 Å². The molecule has 0 spiro atoms. The number of carboxylic acid groups (broad SMARTS) is 1. The van der Waals surface area contributed by atoms with Gasteiger partial charge in [0, 0.05) is 0 Å². The van der Waals surface area contributed by atoms with Crippen LogP contribution in [0, 0.1) is 0 Å². The average Bonchev–Trinajstić information content (AvgIpc) is 3.05. The molecule has 1 N–H and O–H groups in total. The number of imide groups is 1. The Bertz CT molecular complexity index is 1100. The number of thioether (sulfide) groups is 1. The summed E-state index contributed by atoms with van der Waals surface area (Å²) >= 11 is 7.00. The molecule has 1 heterocycles. The molecule has 9 nitrogen and oxygen atoms in total. The number of methoxy groups -OCH3 is 2. The van der Waals surface area contributed by atoms with E-state index in [2.05, 4.69) is 0 Å². The fourth-order valence-electron chi connectivity index (χ4n) is 2.93. The Hall–Kier alpha value is -3.37. The monoisotopic (exact) mass is 493 g/mol. The molecule has 1 saturated heterocycles. The van der Waals surface area contributed by atoms with Crippen LogP contribution in [0.1, 0.15) is 5.56 Å². The van der Waals surface area contributed by atoms with Gasteiger partial charge in [-0.15, -0.1) is 0 Å². The zero-order chi connectivity index (χ0) is 24.0. The molecule has 0 radical (unpaired) electrons. The molecule has 2 amide bonds. The smallest absolute Gasteiger partial charge is 0.341 e. The van der Waals surface area contributed by atoms with Crippen molar-refractivity contribution in [2.45, 2.75) is 0 Å². The Labute approximate surface area is 198 Å². The quantitative estimate of drug-likeness (QED) is 0.492.